The molecule has 35 heavy (non-hydrogen) atoms. The van der Waals surface area contributed by atoms with Crippen LogP contribution in [0.4, 0.5) is 5.69 Å². The Morgan fingerprint density at radius 1 is 1.09 bits per heavy atom. The number of nitrogens with zero attached hydrogens (tertiary/aromatic N) is 1. The summed E-state index contributed by atoms with van der Waals surface area (Å²) in [6, 6.07) is 8.98. The molecule has 0 aromatic heterocycles. The van der Waals surface area contributed by atoms with Gasteiger partial charge < -0.3 is 34.9 Å². The second-order valence-electron chi connectivity index (χ2n) is 8.11. The van der Waals surface area contributed by atoms with Crippen LogP contribution in [0.15, 0.2) is 36.4 Å². The van der Waals surface area contributed by atoms with E-state index < -0.39 is 43.1 Å². The topological polar surface area (TPSA) is 144 Å². The molecule has 1 fully saturated rings. The lowest BCUT2D eigenvalue weighted by Crippen LogP contribution is -2.52. The average Bonchev–Trinajstić information content (AvgIpc) is 3.22. The third-order valence-electron chi connectivity index (χ3n) is 5.96. The van der Waals surface area contributed by atoms with Gasteiger partial charge in [0.2, 0.25) is 11.8 Å². The van der Waals surface area contributed by atoms with Crippen LogP contribution in [0.2, 0.25) is 0 Å². The Morgan fingerprint density at radius 3 is 2.60 bits per heavy atom. The SMILES string of the molecule is COc1ccc(-c2ccc3c(c2)C(=O)N2CC[C@H](NC(=O)COCC(=O)O)[C@H]2C(=O)N3)c(OC)c1. The Kier molecular flexibility index (Phi) is 6.87. The van der Waals surface area contributed by atoms with Gasteiger partial charge in [0, 0.05) is 18.2 Å². The van der Waals surface area contributed by atoms with Crippen molar-refractivity contribution in [2.24, 2.45) is 0 Å². The quantitative estimate of drug-likeness (QED) is 0.507. The van der Waals surface area contributed by atoms with Crippen molar-refractivity contribution in [3.8, 4) is 22.6 Å². The minimum Gasteiger partial charge on any atom is -0.497 e. The fourth-order valence-corrected chi connectivity index (χ4v) is 4.37. The second-order valence-corrected chi connectivity index (χ2v) is 8.11. The highest BCUT2D eigenvalue weighted by Gasteiger charge is 2.45. The summed E-state index contributed by atoms with van der Waals surface area (Å²) >= 11 is 0. The molecular formula is C24H25N3O8. The van der Waals surface area contributed by atoms with Gasteiger partial charge in [0.05, 0.1) is 31.5 Å². The standard InChI is InChI=1S/C24H25N3O8/c1-33-14-4-5-15(19(10-14)34-2)13-3-6-17-16(9-13)24(32)27-8-7-18(22(27)23(31)26-17)25-20(28)11-35-12-21(29)30/h3-6,9-10,18,22H,7-8,11-12H2,1-2H3,(H,25,28)(H,26,31)(H,29,30)/t18-,22-/m0/s1. The van der Waals surface area contributed by atoms with Crippen LogP contribution >= 0.6 is 0 Å². The smallest absolute Gasteiger partial charge is 0.329 e. The number of carboxylic acids is 1. The number of carbonyl (C=O) groups is 4. The first-order valence-electron chi connectivity index (χ1n) is 10.9. The van der Waals surface area contributed by atoms with E-state index in [1.54, 1.807) is 44.6 Å². The Labute approximate surface area is 200 Å². The number of nitrogens with one attached hydrogen (secondary N) is 2. The number of benzene rings is 2. The summed E-state index contributed by atoms with van der Waals surface area (Å²) in [5, 5.41) is 14.1. The van der Waals surface area contributed by atoms with E-state index in [0.29, 0.717) is 29.2 Å². The van der Waals surface area contributed by atoms with E-state index in [9.17, 15) is 19.2 Å². The molecule has 2 atom stereocenters. The normalized spacial score (nSPS) is 18.7. The average molecular weight is 483 g/mol. The monoisotopic (exact) mass is 483 g/mol. The molecule has 184 valence electrons. The molecule has 1 saturated heterocycles. The van der Waals surface area contributed by atoms with E-state index in [1.165, 1.54) is 4.90 Å². The predicted octanol–water partition coefficient (Wildman–Crippen LogP) is 1.12. The molecule has 0 spiro atoms. The highest BCUT2D eigenvalue weighted by molar-refractivity contribution is 6.11. The van der Waals surface area contributed by atoms with Crippen molar-refractivity contribution in [2.45, 2.75) is 18.5 Å². The number of carboxylic acid groups (broad SMARTS) is 1. The van der Waals surface area contributed by atoms with Gasteiger partial charge in [-0.05, 0) is 36.2 Å². The first-order valence-corrected chi connectivity index (χ1v) is 10.9. The molecule has 2 aliphatic rings. The number of aliphatic carboxylic acids is 1. The lowest BCUT2D eigenvalue weighted by Gasteiger charge is -2.25. The van der Waals surface area contributed by atoms with Gasteiger partial charge in [0.15, 0.2) is 0 Å². The van der Waals surface area contributed by atoms with E-state index in [-0.39, 0.29) is 12.5 Å². The summed E-state index contributed by atoms with van der Waals surface area (Å²) in [5.41, 5.74) is 2.18. The van der Waals surface area contributed by atoms with Gasteiger partial charge in [0.25, 0.3) is 5.91 Å². The Hall–Kier alpha value is -4.12. The highest BCUT2D eigenvalue weighted by atomic mass is 16.5. The van der Waals surface area contributed by atoms with Crippen LogP contribution in [0, 0.1) is 0 Å². The molecule has 2 aliphatic heterocycles. The molecule has 0 radical (unpaired) electrons. The van der Waals surface area contributed by atoms with Crippen LogP contribution in [0.5, 0.6) is 11.5 Å². The largest absolute Gasteiger partial charge is 0.497 e. The van der Waals surface area contributed by atoms with Crippen molar-refractivity contribution in [3.05, 3.63) is 42.0 Å². The van der Waals surface area contributed by atoms with Crippen LogP contribution in [0.25, 0.3) is 11.1 Å². The number of hydrogen-bond acceptors (Lipinski definition) is 7. The maximum atomic E-state index is 13.5. The van der Waals surface area contributed by atoms with Crippen molar-refractivity contribution in [1.29, 1.82) is 0 Å². The first kappa shape index (κ1) is 24.0. The molecule has 11 heteroatoms. The molecule has 0 unspecified atom stereocenters. The number of rotatable bonds is 8. The highest BCUT2D eigenvalue weighted by Crippen LogP contribution is 2.37. The third kappa shape index (κ3) is 4.90. The molecular weight excluding hydrogens is 458 g/mol. The number of amides is 3. The van der Waals surface area contributed by atoms with E-state index in [0.717, 1.165) is 11.1 Å². The summed E-state index contributed by atoms with van der Waals surface area (Å²) < 4.78 is 15.5. The van der Waals surface area contributed by atoms with E-state index in [2.05, 4.69) is 10.6 Å². The Morgan fingerprint density at radius 2 is 1.89 bits per heavy atom. The Balaban J connectivity index is 1.57. The predicted molar refractivity (Wildman–Crippen MR) is 123 cm³/mol. The molecule has 0 saturated carbocycles. The van der Waals surface area contributed by atoms with Gasteiger partial charge in [-0.1, -0.05) is 6.07 Å². The zero-order valence-electron chi connectivity index (χ0n) is 19.2. The molecule has 2 aromatic carbocycles. The van der Waals surface area contributed by atoms with Crippen molar-refractivity contribution < 1.29 is 38.5 Å². The maximum absolute atomic E-state index is 13.5. The maximum Gasteiger partial charge on any atom is 0.329 e. The molecule has 2 heterocycles. The van der Waals surface area contributed by atoms with Gasteiger partial charge in [-0.3, -0.25) is 14.4 Å². The van der Waals surface area contributed by atoms with Crippen molar-refractivity contribution in [1.82, 2.24) is 10.2 Å². The van der Waals surface area contributed by atoms with Crippen molar-refractivity contribution >= 4 is 29.4 Å². The third-order valence-corrected chi connectivity index (χ3v) is 5.96. The minimum atomic E-state index is -1.19. The fraction of sp³-hybridized carbons (Fsp3) is 0.333. The van der Waals surface area contributed by atoms with Crippen molar-refractivity contribution in [3.63, 3.8) is 0 Å². The summed E-state index contributed by atoms with van der Waals surface area (Å²) in [4.78, 5) is 50.7. The molecule has 3 N–H and O–H groups in total. The number of ether oxygens (including phenoxy) is 3. The second kappa shape index (κ2) is 10.0. The number of fused-ring (bicyclic) bond motifs is 2. The molecule has 2 aromatic rings. The zero-order valence-corrected chi connectivity index (χ0v) is 19.2. The van der Waals surface area contributed by atoms with Gasteiger partial charge in [-0.15, -0.1) is 0 Å². The summed E-state index contributed by atoms with van der Waals surface area (Å²) in [7, 11) is 3.10. The van der Waals surface area contributed by atoms with Crippen LogP contribution in [-0.4, -0.2) is 79.8 Å². The lowest BCUT2D eigenvalue weighted by atomic mass is 10.00. The van der Waals surface area contributed by atoms with Crippen LogP contribution in [-0.2, 0) is 19.1 Å². The van der Waals surface area contributed by atoms with Gasteiger partial charge in [-0.2, -0.15) is 0 Å². The van der Waals surface area contributed by atoms with Gasteiger partial charge >= 0.3 is 5.97 Å². The summed E-state index contributed by atoms with van der Waals surface area (Å²) in [5.74, 6) is -1.30. The van der Waals surface area contributed by atoms with E-state index >= 15 is 0 Å². The first-order chi connectivity index (χ1) is 16.8. The molecule has 0 bridgehead atoms. The van der Waals surface area contributed by atoms with E-state index in [1.807, 2.05) is 6.07 Å². The number of hydrogen-bond donors (Lipinski definition) is 3. The van der Waals surface area contributed by atoms with Gasteiger partial charge in [0.1, 0.15) is 30.8 Å². The summed E-state index contributed by atoms with van der Waals surface area (Å²) in [6.45, 7) is -0.797. The number of carbonyl (C=O) groups excluding carboxylic acids is 3. The molecule has 4 rings (SSSR count). The zero-order chi connectivity index (χ0) is 25.1. The van der Waals surface area contributed by atoms with Crippen LogP contribution in [0.3, 0.4) is 0 Å². The van der Waals surface area contributed by atoms with E-state index in [4.69, 9.17) is 19.3 Å². The number of anilines is 1. The molecule has 11 nitrogen and oxygen atoms in total. The Bertz CT molecular complexity index is 1180. The lowest BCUT2D eigenvalue weighted by molar-refractivity contribution is -0.143. The number of methoxy groups -OCH3 is 2. The van der Waals surface area contributed by atoms with Crippen molar-refractivity contribution in [2.75, 3.05) is 39.3 Å². The molecule has 0 aliphatic carbocycles. The fourth-order valence-electron chi connectivity index (χ4n) is 4.37. The summed E-state index contributed by atoms with van der Waals surface area (Å²) in [6.07, 6.45) is 0.371. The van der Waals surface area contributed by atoms with Crippen LogP contribution < -0.4 is 20.1 Å². The minimum absolute atomic E-state index is 0.271. The molecule has 3 amide bonds. The van der Waals surface area contributed by atoms with Crippen LogP contribution in [0.1, 0.15) is 16.8 Å². The van der Waals surface area contributed by atoms with Gasteiger partial charge in [-0.25, -0.2) is 4.79 Å².